The smallest absolute Gasteiger partial charge is 0.224 e. The zero-order chi connectivity index (χ0) is 17.5. The minimum Gasteiger partial charge on any atom is -0.368 e. The molecular formula is C18H24N6S. The quantitative estimate of drug-likeness (QED) is 0.794. The van der Waals surface area contributed by atoms with Crippen LogP contribution in [0.3, 0.4) is 0 Å². The fraction of sp³-hybridized carbons (Fsp3) is 0.389. The number of piperazine rings is 1. The van der Waals surface area contributed by atoms with Gasteiger partial charge in [0.05, 0.1) is 6.54 Å². The second-order valence-corrected chi connectivity index (χ2v) is 6.76. The van der Waals surface area contributed by atoms with Gasteiger partial charge in [-0.05, 0) is 11.8 Å². The molecule has 1 aromatic carbocycles. The Hall–Kier alpha value is -1.96. The third kappa shape index (κ3) is 5.52. The van der Waals surface area contributed by atoms with Gasteiger partial charge < -0.3 is 5.73 Å². The Morgan fingerprint density at radius 1 is 1.04 bits per heavy atom. The second-order valence-electron chi connectivity index (χ2n) is 5.99. The number of benzene rings is 1. The van der Waals surface area contributed by atoms with Crippen LogP contribution in [-0.2, 0) is 6.54 Å². The molecule has 6 nitrogen and oxygen atoms in total. The molecule has 2 heterocycles. The molecule has 2 aromatic rings. The summed E-state index contributed by atoms with van der Waals surface area (Å²) in [5, 5.41) is 0.687. The highest BCUT2D eigenvalue weighted by atomic mass is 32.2. The van der Waals surface area contributed by atoms with Crippen molar-refractivity contribution in [1.29, 1.82) is 0 Å². The summed E-state index contributed by atoms with van der Waals surface area (Å²) in [5.74, 6) is 1.06. The Labute approximate surface area is 153 Å². The molecular weight excluding hydrogens is 332 g/mol. The first-order valence-electron chi connectivity index (χ1n) is 8.43. The van der Waals surface area contributed by atoms with Crippen molar-refractivity contribution in [3.05, 3.63) is 47.8 Å². The Bertz CT molecular complexity index is 698. The van der Waals surface area contributed by atoms with Crippen molar-refractivity contribution >= 4 is 23.8 Å². The number of aromatic nitrogens is 3. The fourth-order valence-corrected chi connectivity index (χ4v) is 3.19. The number of nitrogen functional groups attached to an aromatic ring is 1. The van der Waals surface area contributed by atoms with E-state index in [9.17, 15) is 0 Å². The van der Waals surface area contributed by atoms with Crippen LogP contribution >= 0.6 is 11.8 Å². The van der Waals surface area contributed by atoms with E-state index in [4.69, 9.17) is 5.73 Å². The second kappa shape index (κ2) is 8.94. The lowest BCUT2D eigenvalue weighted by atomic mass is 10.2. The van der Waals surface area contributed by atoms with Gasteiger partial charge >= 0.3 is 0 Å². The summed E-state index contributed by atoms with van der Waals surface area (Å²) in [6.45, 7) is 5.84. The first-order chi connectivity index (χ1) is 12.2. The normalized spacial score (nSPS) is 16.5. The molecule has 7 heteroatoms. The van der Waals surface area contributed by atoms with E-state index < -0.39 is 0 Å². The SMILES string of the molecule is CSc1nc(N)nc(CN2CCN(C/C=C/c3ccccc3)CC2)n1. The van der Waals surface area contributed by atoms with Gasteiger partial charge in [-0.15, -0.1) is 0 Å². The first-order valence-corrected chi connectivity index (χ1v) is 9.66. The average Bonchev–Trinajstić information content (AvgIpc) is 2.63. The van der Waals surface area contributed by atoms with Crippen LogP contribution in [0.4, 0.5) is 5.95 Å². The molecule has 0 saturated carbocycles. The number of thioether (sulfide) groups is 1. The molecule has 0 amide bonds. The Balaban J connectivity index is 1.46. The van der Waals surface area contributed by atoms with Gasteiger partial charge in [0.15, 0.2) is 5.16 Å². The van der Waals surface area contributed by atoms with E-state index in [-0.39, 0.29) is 0 Å². The summed E-state index contributed by atoms with van der Waals surface area (Å²) in [6.07, 6.45) is 6.37. The van der Waals surface area contributed by atoms with Crippen LogP contribution < -0.4 is 5.73 Å². The molecule has 0 unspecified atom stereocenters. The number of nitrogens with two attached hydrogens (primary N) is 1. The first kappa shape index (κ1) is 17.8. The van der Waals surface area contributed by atoms with Gasteiger partial charge in [-0.1, -0.05) is 54.2 Å². The van der Waals surface area contributed by atoms with Crippen molar-refractivity contribution in [3.8, 4) is 0 Å². The Morgan fingerprint density at radius 3 is 2.48 bits per heavy atom. The number of anilines is 1. The lowest BCUT2D eigenvalue weighted by Crippen LogP contribution is -2.46. The number of nitrogens with zero attached hydrogens (tertiary/aromatic N) is 5. The number of hydrogen-bond donors (Lipinski definition) is 1. The van der Waals surface area contributed by atoms with E-state index in [1.807, 2.05) is 12.3 Å². The topological polar surface area (TPSA) is 71.2 Å². The van der Waals surface area contributed by atoms with Gasteiger partial charge in [0.2, 0.25) is 5.95 Å². The molecule has 0 atom stereocenters. The average molecular weight is 356 g/mol. The van der Waals surface area contributed by atoms with E-state index in [1.54, 1.807) is 0 Å². The molecule has 0 spiro atoms. The van der Waals surface area contributed by atoms with Crippen molar-refractivity contribution in [2.75, 3.05) is 44.7 Å². The summed E-state index contributed by atoms with van der Waals surface area (Å²) in [4.78, 5) is 17.6. The molecule has 0 radical (unpaired) electrons. The predicted octanol–water partition coefficient (Wildman–Crippen LogP) is 2.01. The maximum absolute atomic E-state index is 5.76. The largest absolute Gasteiger partial charge is 0.368 e. The summed E-state index contributed by atoms with van der Waals surface area (Å²) in [6, 6.07) is 10.4. The van der Waals surface area contributed by atoms with Crippen LogP contribution in [0.5, 0.6) is 0 Å². The molecule has 25 heavy (non-hydrogen) atoms. The molecule has 1 aromatic heterocycles. The molecule has 1 aliphatic rings. The third-order valence-corrected chi connectivity index (χ3v) is 4.71. The third-order valence-electron chi connectivity index (χ3n) is 4.16. The number of hydrogen-bond acceptors (Lipinski definition) is 7. The monoisotopic (exact) mass is 356 g/mol. The van der Waals surface area contributed by atoms with Gasteiger partial charge in [0.1, 0.15) is 5.82 Å². The molecule has 1 fully saturated rings. The van der Waals surface area contributed by atoms with Crippen molar-refractivity contribution in [3.63, 3.8) is 0 Å². The highest BCUT2D eigenvalue weighted by molar-refractivity contribution is 7.98. The lowest BCUT2D eigenvalue weighted by molar-refractivity contribution is 0.134. The molecule has 2 N–H and O–H groups in total. The molecule has 1 aliphatic heterocycles. The summed E-state index contributed by atoms with van der Waals surface area (Å²) >= 11 is 1.49. The molecule has 1 saturated heterocycles. The zero-order valence-electron chi connectivity index (χ0n) is 14.5. The summed E-state index contributed by atoms with van der Waals surface area (Å²) < 4.78 is 0. The Morgan fingerprint density at radius 2 is 1.76 bits per heavy atom. The van der Waals surface area contributed by atoms with Crippen molar-refractivity contribution in [1.82, 2.24) is 24.8 Å². The van der Waals surface area contributed by atoms with E-state index in [0.29, 0.717) is 11.1 Å². The summed E-state index contributed by atoms with van der Waals surface area (Å²) in [5.41, 5.74) is 7.00. The Kier molecular flexibility index (Phi) is 6.38. The van der Waals surface area contributed by atoms with Crippen LogP contribution in [-0.4, -0.2) is 63.7 Å². The number of rotatable bonds is 6. The van der Waals surface area contributed by atoms with E-state index in [1.165, 1.54) is 17.3 Å². The van der Waals surface area contributed by atoms with Crippen LogP contribution in [0.15, 0.2) is 41.6 Å². The molecule has 3 rings (SSSR count). The lowest BCUT2D eigenvalue weighted by Gasteiger charge is -2.33. The molecule has 0 bridgehead atoms. The van der Waals surface area contributed by atoms with E-state index >= 15 is 0 Å². The van der Waals surface area contributed by atoms with Crippen molar-refractivity contribution in [2.24, 2.45) is 0 Å². The standard InChI is InChI=1S/C18H24N6S/c1-25-18-21-16(20-17(19)22-18)14-24-12-10-23(11-13-24)9-5-8-15-6-3-2-4-7-15/h2-8H,9-14H2,1H3,(H2,19,20,21,22)/b8-5+. The van der Waals surface area contributed by atoms with Gasteiger partial charge in [-0.3, -0.25) is 9.80 Å². The van der Waals surface area contributed by atoms with Crippen LogP contribution in [0.1, 0.15) is 11.4 Å². The van der Waals surface area contributed by atoms with Crippen LogP contribution in [0.25, 0.3) is 6.08 Å². The van der Waals surface area contributed by atoms with Gasteiger partial charge in [0, 0.05) is 32.7 Å². The van der Waals surface area contributed by atoms with Crippen LogP contribution in [0.2, 0.25) is 0 Å². The maximum atomic E-state index is 5.76. The van der Waals surface area contributed by atoms with Gasteiger partial charge in [-0.25, -0.2) is 4.98 Å². The highest BCUT2D eigenvalue weighted by Crippen LogP contribution is 2.12. The zero-order valence-corrected chi connectivity index (χ0v) is 15.3. The van der Waals surface area contributed by atoms with Gasteiger partial charge in [0.25, 0.3) is 0 Å². The molecule has 132 valence electrons. The minimum absolute atomic E-state index is 0.305. The molecule has 0 aliphatic carbocycles. The maximum Gasteiger partial charge on any atom is 0.224 e. The summed E-state index contributed by atoms with van der Waals surface area (Å²) in [7, 11) is 0. The van der Waals surface area contributed by atoms with E-state index in [0.717, 1.165) is 45.1 Å². The fourth-order valence-electron chi connectivity index (χ4n) is 2.81. The highest BCUT2D eigenvalue weighted by Gasteiger charge is 2.17. The van der Waals surface area contributed by atoms with Crippen LogP contribution in [0, 0.1) is 0 Å². The minimum atomic E-state index is 0.305. The van der Waals surface area contributed by atoms with E-state index in [2.05, 4.69) is 61.2 Å². The van der Waals surface area contributed by atoms with Gasteiger partial charge in [-0.2, -0.15) is 9.97 Å². The van der Waals surface area contributed by atoms with Crippen molar-refractivity contribution in [2.45, 2.75) is 11.7 Å². The van der Waals surface area contributed by atoms with Crippen molar-refractivity contribution < 1.29 is 0 Å². The predicted molar refractivity (Wildman–Crippen MR) is 103 cm³/mol.